The van der Waals surface area contributed by atoms with Crippen molar-refractivity contribution in [1.29, 1.82) is 5.26 Å². The van der Waals surface area contributed by atoms with Crippen LogP contribution in [-0.4, -0.2) is 5.33 Å². The second-order valence-electron chi connectivity index (χ2n) is 4.34. The quantitative estimate of drug-likeness (QED) is 0.615. The summed E-state index contributed by atoms with van der Waals surface area (Å²) < 4.78 is 5.76. The molecule has 2 aromatic carbocycles. The topological polar surface area (TPSA) is 33.0 Å². The predicted octanol–water partition coefficient (Wildman–Crippen LogP) is 4.27. The predicted molar refractivity (Wildman–Crippen MR) is 87.2 cm³/mol. The minimum atomic E-state index is 0.438. The van der Waals surface area contributed by atoms with Crippen molar-refractivity contribution in [3.63, 3.8) is 0 Å². The standard InChI is InChI=1S/C18H14BrNO/c19-11-5-4-6-15-9-10-17(13-20)18(12-15)21-14-16-7-2-1-3-8-16/h1-3,7-10,12H,5,11,14H2. The van der Waals surface area contributed by atoms with E-state index in [4.69, 9.17) is 10.00 Å². The number of rotatable bonds is 4. The molecule has 0 spiro atoms. The minimum absolute atomic E-state index is 0.438. The first kappa shape index (κ1) is 15.2. The Morgan fingerprint density at radius 2 is 1.90 bits per heavy atom. The van der Waals surface area contributed by atoms with E-state index >= 15 is 0 Å². The maximum absolute atomic E-state index is 9.15. The maximum atomic E-state index is 9.15. The molecule has 21 heavy (non-hydrogen) atoms. The van der Waals surface area contributed by atoms with Gasteiger partial charge in [0, 0.05) is 17.3 Å². The van der Waals surface area contributed by atoms with Crippen molar-refractivity contribution in [3.05, 3.63) is 65.2 Å². The molecule has 2 aromatic rings. The Bertz CT molecular complexity index is 693. The van der Waals surface area contributed by atoms with Crippen LogP contribution in [0.2, 0.25) is 0 Å². The van der Waals surface area contributed by atoms with Gasteiger partial charge in [0.1, 0.15) is 18.4 Å². The summed E-state index contributed by atoms with van der Waals surface area (Å²) in [6.45, 7) is 0.438. The van der Waals surface area contributed by atoms with Crippen molar-refractivity contribution in [2.75, 3.05) is 5.33 Å². The number of alkyl halides is 1. The number of hydrogen-bond donors (Lipinski definition) is 0. The van der Waals surface area contributed by atoms with E-state index in [-0.39, 0.29) is 0 Å². The first-order valence-electron chi connectivity index (χ1n) is 6.59. The Morgan fingerprint density at radius 3 is 2.62 bits per heavy atom. The molecule has 3 heteroatoms. The number of ether oxygens (including phenoxy) is 1. The van der Waals surface area contributed by atoms with E-state index in [1.807, 2.05) is 42.5 Å². The zero-order valence-electron chi connectivity index (χ0n) is 11.5. The molecule has 0 aliphatic rings. The fourth-order valence-electron chi connectivity index (χ4n) is 1.76. The zero-order chi connectivity index (χ0) is 14.9. The molecule has 2 nitrogen and oxygen atoms in total. The van der Waals surface area contributed by atoms with Gasteiger partial charge in [0.05, 0.1) is 5.56 Å². The van der Waals surface area contributed by atoms with E-state index < -0.39 is 0 Å². The number of nitrogens with zero attached hydrogens (tertiary/aromatic N) is 1. The van der Waals surface area contributed by atoms with Gasteiger partial charge in [0.15, 0.2) is 0 Å². The van der Waals surface area contributed by atoms with E-state index in [1.54, 1.807) is 6.07 Å². The third-order valence-corrected chi connectivity index (χ3v) is 3.19. The molecule has 0 saturated heterocycles. The lowest BCUT2D eigenvalue weighted by Crippen LogP contribution is -1.97. The Balaban J connectivity index is 2.15. The molecular formula is C18H14BrNO. The SMILES string of the molecule is N#Cc1ccc(C#CCCBr)cc1OCc1ccccc1. The second kappa shape index (κ2) is 8.15. The number of halogens is 1. The average molecular weight is 340 g/mol. The van der Waals surface area contributed by atoms with E-state index in [0.29, 0.717) is 17.9 Å². The van der Waals surface area contributed by atoms with Crippen LogP contribution in [0.1, 0.15) is 23.1 Å². The van der Waals surface area contributed by atoms with Crippen LogP contribution in [-0.2, 0) is 6.61 Å². The van der Waals surface area contributed by atoms with Gasteiger partial charge in [-0.1, -0.05) is 58.1 Å². The Hall–Kier alpha value is -2.23. The summed E-state index contributed by atoms with van der Waals surface area (Å²) >= 11 is 3.34. The molecule has 0 heterocycles. The lowest BCUT2D eigenvalue weighted by molar-refractivity contribution is 0.305. The third kappa shape index (κ3) is 4.67. The van der Waals surface area contributed by atoms with Crippen molar-refractivity contribution in [2.45, 2.75) is 13.0 Å². The lowest BCUT2D eigenvalue weighted by atomic mass is 10.1. The van der Waals surface area contributed by atoms with Gasteiger partial charge < -0.3 is 4.74 Å². The van der Waals surface area contributed by atoms with Crippen LogP contribution in [0.3, 0.4) is 0 Å². The molecule has 0 saturated carbocycles. The largest absolute Gasteiger partial charge is 0.487 e. The van der Waals surface area contributed by atoms with E-state index in [9.17, 15) is 0 Å². The summed E-state index contributed by atoms with van der Waals surface area (Å²) in [6, 6.07) is 17.4. The van der Waals surface area contributed by atoms with Gasteiger partial charge >= 0.3 is 0 Å². The second-order valence-corrected chi connectivity index (χ2v) is 5.13. The maximum Gasteiger partial charge on any atom is 0.138 e. The Morgan fingerprint density at radius 1 is 1.10 bits per heavy atom. The number of hydrogen-bond acceptors (Lipinski definition) is 2. The van der Waals surface area contributed by atoms with Gasteiger partial charge in [-0.3, -0.25) is 0 Å². The summed E-state index contributed by atoms with van der Waals surface area (Å²) in [5.74, 6) is 6.70. The first-order chi connectivity index (χ1) is 10.3. The highest BCUT2D eigenvalue weighted by molar-refractivity contribution is 9.09. The fourth-order valence-corrected chi connectivity index (χ4v) is 1.96. The molecule has 104 valence electrons. The molecule has 0 bridgehead atoms. The Labute approximate surface area is 133 Å². The summed E-state index contributed by atoms with van der Waals surface area (Å²) in [6.07, 6.45) is 0.792. The van der Waals surface area contributed by atoms with Crippen molar-refractivity contribution in [1.82, 2.24) is 0 Å². The van der Waals surface area contributed by atoms with Crippen LogP contribution in [0.4, 0.5) is 0 Å². The molecule has 0 amide bonds. The molecule has 0 aliphatic carbocycles. The summed E-state index contributed by atoms with van der Waals surface area (Å²) in [4.78, 5) is 0. The molecule has 0 unspecified atom stereocenters. The number of nitriles is 1. The lowest BCUT2D eigenvalue weighted by Gasteiger charge is -2.08. The third-order valence-electron chi connectivity index (χ3n) is 2.79. The van der Waals surface area contributed by atoms with Crippen LogP contribution in [0, 0.1) is 23.2 Å². The van der Waals surface area contributed by atoms with Gasteiger partial charge in [-0.2, -0.15) is 5.26 Å². The molecule has 0 aliphatic heterocycles. The minimum Gasteiger partial charge on any atom is -0.487 e. The van der Waals surface area contributed by atoms with E-state index in [0.717, 1.165) is 22.9 Å². The van der Waals surface area contributed by atoms with E-state index in [2.05, 4.69) is 33.8 Å². The number of benzene rings is 2. The molecule has 2 rings (SSSR count). The summed E-state index contributed by atoms with van der Waals surface area (Å²) in [5.41, 5.74) is 2.45. The highest BCUT2D eigenvalue weighted by atomic mass is 79.9. The average Bonchev–Trinajstić information content (AvgIpc) is 2.54. The van der Waals surface area contributed by atoms with Gasteiger partial charge in [0.25, 0.3) is 0 Å². The van der Waals surface area contributed by atoms with Crippen LogP contribution in [0.15, 0.2) is 48.5 Å². The molecule has 0 aromatic heterocycles. The molecule has 0 N–H and O–H groups in total. The molecule has 0 fully saturated rings. The first-order valence-corrected chi connectivity index (χ1v) is 7.71. The Kier molecular flexibility index (Phi) is 5.88. The summed E-state index contributed by atoms with van der Waals surface area (Å²) in [5, 5.41) is 10.0. The van der Waals surface area contributed by atoms with Crippen LogP contribution < -0.4 is 4.74 Å². The normalized spacial score (nSPS) is 9.33. The molecule has 0 radical (unpaired) electrons. The van der Waals surface area contributed by atoms with Crippen LogP contribution >= 0.6 is 15.9 Å². The monoisotopic (exact) mass is 339 g/mol. The smallest absolute Gasteiger partial charge is 0.138 e. The van der Waals surface area contributed by atoms with Crippen molar-refractivity contribution in [3.8, 4) is 23.7 Å². The van der Waals surface area contributed by atoms with Gasteiger partial charge in [-0.05, 0) is 23.8 Å². The highest BCUT2D eigenvalue weighted by Crippen LogP contribution is 2.20. The summed E-state index contributed by atoms with van der Waals surface area (Å²) in [7, 11) is 0. The van der Waals surface area contributed by atoms with Gasteiger partial charge in [-0.15, -0.1) is 0 Å². The van der Waals surface area contributed by atoms with Crippen molar-refractivity contribution >= 4 is 15.9 Å². The van der Waals surface area contributed by atoms with Crippen LogP contribution in [0.25, 0.3) is 0 Å². The fraction of sp³-hybridized carbons (Fsp3) is 0.167. The van der Waals surface area contributed by atoms with Crippen molar-refractivity contribution < 1.29 is 4.74 Å². The van der Waals surface area contributed by atoms with Gasteiger partial charge in [-0.25, -0.2) is 0 Å². The molecule has 0 atom stereocenters. The van der Waals surface area contributed by atoms with Crippen LogP contribution in [0.5, 0.6) is 5.75 Å². The molecular weight excluding hydrogens is 326 g/mol. The van der Waals surface area contributed by atoms with Gasteiger partial charge in [0.2, 0.25) is 0 Å². The zero-order valence-corrected chi connectivity index (χ0v) is 13.1. The van der Waals surface area contributed by atoms with Crippen molar-refractivity contribution in [2.24, 2.45) is 0 Å². The highest BCUT2D eigenvalue weighted by Gasteiger charge is 2.04. The van der Waals surface area contributed by atoms with E-state index in [1.165, 1.54) is 0 Å².